The first-order valence-electron chi connectivity index (χ1n) is 11.8. The van der Waals surface area contributed by atoms with Gasteiger partial charge in [-0.15, -0.1) is 12.5 Å². The van der Waals surface area contributed by atoms with Gasteiger partial charge >= 0.3 is 29.0 Å². The molecule has 3 atom stereocenters. The molecule has 2 aliphatic heterocycles. The number of hydrogen-bond acceptors (Lipinski definition) is 10. The Kier molecular flexibility index (Phi) is 12.4. The number of fused-ring (bicyclic) bond motifs is 4. The standard InChI is InChI=1S/C24H32N4O8.Mn/c1-27-11-10-25-19(5-7-21(29)30)23(33)35-12-9-16-3-2-4-17(26-16)13-28-15-18(14-27)36-24(34)20(28)6-8-22(31)32;/h2-4,12,19-20,25H,5-11,13-15H2,1H3,(H,29,30)(H,31,32);/q-2;+2. The summed E-state index contributed by atoms with van der Waals surface area (Å²) >= 11 is 0. The second-order valence-corrected chi connectivity index (χ2v) is 8.92. The van der Waals surface area contributed by atoms with E-state index in [4.69, 9.17) is 19.7 Å². The van der Waals surface area contributed by atoms with Crippen molar-refractivity contribution >= 4 is 23.9 Å². The summed E-state index contributed by atoms with van der Waals surface area (Å²) in [7, 11) is 1.83. The van der Waals surface area contributed by atoms with E-state index in [2.05, 4.69) is 10.3 Å². The minimum atomic E-state index is -1.00. The first kappa shape index (κ1) is 30.7. The summed E-state index contributed by atoms with van der Waals surface area (Å²) in [6, 6.07) is 3.92. The van der Waals surface area contributed by atoms with Crippen molar-refractivity contribution in [2.45, 2.75) is 50.7 Å². The second-order valence-electron chi connectivity index (χ2n) is 8.92. The van der Waals surface area contributed by atoms with E-state index in [1.165, 1.54) is 6.61 Å². The normalized spacial score (nSPS) is 24.2. The number of hydrogen-bond donors (Lipinski definition) is 3. The number of aromatic nitrogens is 1. The van der Waals surface area contributed by atoms with Gasteiger partial charge in [0.25, 0.3) is 11.9 Å². The first-order chi connectivity index (χ1) is 17.2. The predicted molar refractivity (Wildman–Crippen MR) is 125 cm³/mol. The molecule has 3 heterocycles. The fourth-order valence-electron chi connectivity index (χ4n) is 4.15. The quantitative estimate of drug-likeness (QED) is 0.248. The van der Waals surface area contributed by atoms with E-state index in [-0.39, 0.29) is 49.2 Å². The summed E-state index contributed by atoms with van der Waals surface area (Å²) in [6.07, 6.45) is 0.650. The van der Waals surface area contributed by atoms with Crippen molar-refractivity contribution in [3.05, 3.63) is 42.3 Å². The minimum absolute atomic E-state index is 0. The molecule has 1 aromatic heterocycles. The van der Waals surface area contributed by atoms with Crippen LogP contribution in [0.15, 0.2) is 18.2 Å². The van der Waals surface area contributed by atoms with Crippen molar-refractivity contribution in [3.63, 3.8) is 0 Å². The van der Waals surface area contributed by atoms with Crippen LogP contribution < -0.4 is 5.32 Å². The van der Waals surface area contributed by atoms with E-state index in [0.29, 0.717) is 50.2 Å². The maximum Gasteiger partial charge on any atom is 2.00 e. The van der Waals surface area contributed by atoms with Gasteiger partial charge in [0, 0.05) is 38.2 Å². The molecule has 1 radical (unpaired) electrons. The van der Waals surface area contributed by atoms with Gasteiger partial charge in [0.15, 0.2) is 0 Å². The van der Waals surface area contributed by atoms with Crippen molar-refractivity contribution in [2.24, 2.45) is 0 Å². The Bertz CT molecular complexity index is 949. The molecular weight excluding hydrogens is 527 g/mol. The minimum Gasteiger partial charge on any atom is -0.636 e. The van der Waals surface area contributed by atoms with Crippen LogP contribution in [-0.2, 0) is 58.7 Å². The van der Waals surface area contributed by atoms with Crippen LogP contribution in [0.1, 0.15) is 37.1 Å². The number of rotatable bonds is 6. The number of aliphatic carboxylic acids is 2. The fraction of sp³-hybridized carbons (Fsp3) is 0.542. The molecular formula is C24H32MnN4O8. The van der Waals surface area contributed by atoms with E-state index in [1.54, 1.807) is 6.07 Å². The van der Waals surface area contributed by atoms with E-state index in [9.17, 15) is 19.2 Å². The van der Waals surface area contributed by atoms with Gasteiger partial charge in [-0.2, -0.15) is 6.61 Å². The molecule has 2 aliphatic rings. The number of ether oxygens (including phenoxy) is 2. The SMILES string of the molecule is CN1CCNC(CCC(=O)O)C(=O)O[CH-]Cc2cccc(n2)CN2C[C-](C1)OC(=O)C2CCC(=O)O.[Mn+2]. The number of carboxylic acids is 2. The number of carbonyl (C=O) groups is 4. The average Bonchev–Trinajstić information content (AvgIpc) is 2.80. The molecule has 3 unspecified atom stereocenters. The molecule has 0 saturated carbocycles. The summed E-state index contributed by atoms with van der Waals surface area (Å²) in [5, 5.41) is 21.2. The molecule has 0 aliphatic carbocycles. The summed E-state index contributed by atoms with van der Waals surface area (Å²) in [5.74, 6) is -3.04. The molecule has 0 aromatic carbocycles. The Morgan fingerprint density at radius 3 is 2.57 bits per heavy atom. The third-order valence-corrected chi connectivity index (χ3v) is 5.95. The number of pyridine rings is 1. The average molecular weight is 559 g/mol. The zero-order valence-corrected chi connectivity index (χ0v) is 21.8. The van der Waals surface area contributed by atoms with E-state index >= 15 is 0 Å². The monoisotopic (exact) mass is 559 g/mol. The Morgan fingerprint density at radius 2 is 1.84 bits per heavy atom. The molecule has 4 bridgehead atoms. The Hall–Kier alpha value is -2.57. The van der Waals surface area contributed by atoms with Gasteiger partial charge in [0.1, 0.15) is 12.1 Å². The maximum absolute atomic E-state index is 12.8. The van der Waals surface area contributed by atoms with E-state index in [1.807, 2.05) is 29.0 Å². The van der Waals surface area contributed by atoms with Crippen LogP contribution in [0.25, 0.3) is 0 Å². The van der Waals surface area contributed by atoms with Crippen LogP contribution in [0.5, 0.6) is 0 Å². The third-order valence-electron chi connectivity index (χ3n) is 5.95. The number of morpholine rings is 1. The molecule has 3 rings (SSSR count). The van der Waals surface area contributed by atoms with Crippen molar-refractivity contribution in [3.8, 4) is 0 Å². The molecule has 1 saturated heterocycles. The van der Waals surface area contributed by atoms with Crippen molar-refractivity contribution in [1.82, 2.24) is 20.1 Å². The van der Waals surface area contributed by atoms with Gasteiger partial charge in [-0.05, 0) is 32.0 Å². The number of esters is 2. The van der Waals surface area contributed by atoms with Gasteiger partial charge in [0.05, 0.1) is 5.69 Å². The fourth-order valence-corrected chi connectivity index (χ4v) is 4.15. The maximum atomic E-state index is 12.8. The number of carboxylic acid groups (broad SMARTS) is 2. The molecule has 203 valence electrons. The summed E-state index contributed by atoms with van der Waals surface area (Å²) in [4.78, 5) is 55.9. The number of likely N-dealkylation sites (N-methyl/N-ethyl adjacent to an activating group) is 1. The van der Waals surface area contributed by atoms with Crippen molar-refractivity contribution in [2.75, 3.05) is 33.2 Å². The van der Waals surface area contributed by atoms with Crippen LogP contribution in [-0.4, -0.2) is 94.2 Å². The first-order valence-corrected chi connectivity index (χ1v) is 11.8. The largest absolute Gasteiger partial charge is 2.00 e. The van der Waals surface area contributed by atoms with E-state index < -0.39 is 36.0 Å². The van der Waals surface area contributed by atoms with Gasteiger partial charge in [-0.1, -0.05) is 19.2 Å². The second kappa shape index (κ2) is 15.0. The summed E-state index contributed by atoms with van der Waals surface area (Å²) in [6.45, 7) is 3.22. The number of carbonyl (C=O) groups excluding carboxylic acids is 2. The van der Waals surface area contributed by atoms with Crippen molar-refractivity contribution in [1.29, 1.82) is 0 Å². The molecule has 3 N–H and O–H groups in total. The van der Waals surface area contributed by atoms with Crippen LogP contribution in [0.4, 0.5) is 0 Å². The summed E-state index contributed by atoms with van der Waals surface area (Å²) < 4.78 is 10.9. The van der Waals surface area contributed by atoms with Crippen LogP contribution in [0.3, 0.4) is 0 Å². The molecule has 1 aromatic rings. The molecule has 0 spiro atoms. The van der Waals surface area contributed by atoms with Crippen molar-refractivity contribution < 1.29 is 55.9 Å². The topological polar surface area (TPSA) is 159 Å². The molecule has 13 heteroatoms. The zero-order chi connectivity index (χ0) is 26.1. The summed E-state index contributed by atoms with van der Waals surface area (Å²) in [5.41, 5.74) is 1.32. The zero-order valence-electron chi connectivity index (χ0n) is 20.6. The third kappa shape index (κ3) is 10.0. The number of cyclic esters (lactones) is 1. The molecule has 0 amide bonds. The Balaban J connectivity index is 0.00000481. The Labute approximate surface area is 226 Å². The van der Waals surface area contributed by atoms with Gasteiger partial charge in [-0.25, -0.2) is 0 Å². The number of nitrogens with zero attached hydrogens (tertiary/aromatic N) is 3. The van der Waals surface area contributed by atoms with Gasteiger partial charge in [0.2, 0.25) is 0 Å². The molecule has 37 heavy (non-hydrogen) atoms. The van der Waals surface area contributed by atoms with Crippen LogP contribution in [0.2, 0.25) is 0 Å². The molecule has 1 fully saturated rings. The van der Waals surface area contributed by atoms with E-state index in [0.717, 1.165) is 0 Å². The predicted octanol–water partition coefficient (Wildman–Crippen LogP) is 0.219. The number of nitrogens with one attached hydrogen (secondary N) is 1. The molecule has 12 nitrogen and oxygen atoms in total. The van der Waals surface area contributed by atoms with Gasteiger partial charge < -0.3 is 34.8 Å². The van der Waals surface area contributed by atoms with Crippen LogP contribution in [0, 0.1) is 12.7 Å². The van der Waals surface area contributed by atoms with Crippen LogP contribution >= 0.6 is 0 Å². The smallest absolute Gasteiger partial charge is 0.636 e. The van der Waals surface area contributed by atoms with Gasteiger partial charge in [-0.3, -0.25) is 24.2 Å². The Morgan fingerprint density at radius 1 is 1.14 bits per heavy atom.